The zero-order chi connectivity index (χ0) is 15.5. The second-order valence-electron chi connectivity index (χ2n) is 5.72. The third-order valence-electron chi connectivity index (χ3n) is 3.63. The van der Waals surface area contributed by atoms with Crippen LogP contribution < -0.4 is 15.5 Å². The lowest BCUT2D eigenvalue weighted by atomic mass is 9.98. The fraction of sp³-hybridized carbons (Fsp3) is 0.533. The Bertz CT molecular complexity index is 525. The number of nitrogens with zero attached hydrogens (tertiary/aromatic N) is 2. The minimum atomic E-state index is -0.789. The Morgan fingerprint density at radius 3 is 2.76 bits per heavy atom. The third-order valence-corrected chi connectivity index (χ3v) is 3.63. The summed E-state index contributed by atoms with van der Waals surface area (Å²) in [7, 11) is 0. The summed E-state index contributed by atoms with van der Waals surface area (Å²) < 4.78 is 0. The summed E-state index contributed by atoms with van der Waals surface area (Å²) in [6.45, 7) is 7.56. The molecule has 2 N–H and O–H groups in total. The van der Waals surface area contributed by atoms with Crippen LogP contribution in [0.1, 0.15) is 32.8 Å². The highest BCUT2D eigenvalue weighted by atomic mass is 16.2. The molecule has 0 atom stereocenters. The predicted octanol–water partition coefficient (Wildman–Crippen LogP) is 0.823. The summed E-state index contributed by atoms with van der Waals surface area (Å²) in [6, 6.07) is 3.83. The molecule has 0 unspecified atom stereocenters. The van der Waals surface area contributed by atoms with Crippen molar-refractivity contribution in [1.29, 1.82) is 0 Å². The molecule has 1 fully saturated rings. The van der Waals surface area contributed by atoms with E-state index in [1.807, 2.05) is 12.1 Å². The first-order valence-electron chi connectivity index (χ1n) is 7.22. The lowest BCUT2D eigenvalue weighted by molar-refractivity contribution is -0.135. The first-order chi connectivity index (χ1) is 9.95. The van der Waals surface area contributed by atoms with Crippen molar-refractivity contribution in [2.24, 2.45) is 0 Å². The van der Waals surface area contributed by atoms with E-state index < -0.39 is 5.54 Å². The fourth-order valence-corrected chi connectivity index (χ4v) is 2.24. The SMILES string of the molecule is CCCNCc1ccc(N2CC(=O)NC(=O)C2(C)C)nc1. The average molecular weight is 290 g/mol. The highest BCUT2D eigenvalue weighted by Gasteiger charge is 2.41. The van der Waals surface area contributed by atoms with Crippen LogP contribution in [0.2, 0.25) is 0 Å². The molecule has 0 saturated carbocycles. The number of piperazine rings is 1. The molecular formula is C15H22N4O2. The van der Waals surface area contributed by atoms with Crippen LogP contribution in [0, 0.1) is 0 Å². The van der Waals surface area contributed by atoms with Crippen molar-refractivity contribution in [2.45, 2.75) is 39.3 Å². The lowest BCUT2D eigenvalue weighted by Gasteiger charge is -2.40. The second-order valence-corrected chi connectivity index (χ2v) is 5.72. The van der Waals surface area contributed by atoms with Crippen molar-refractivity contribution in [2.75, 3.05) is 18.0 Å². The van der Waals surface area contributed by atoms with Crippen LogP contribution in [-0.4, -0.2) is 35.4 Å². The van der Waals surface area contributed by atoms with Crippen LogP contribution in [-0.2, 0) is 16.1 Å². The Morgan fingerprint density at radius 1 is 1.38 bits per heavy atom. The van der Waals surface area contributed by atoms with Gasteiger partial charge in [-0.3, -0.25) is 14.9 Å². The van der Waals surface area contributed by atoms with Gasteiger partial charge in [-0.15, -0.1) is 0 Å². The van der Waals surface area contributed by atoms with Gasteiger partial charge in [-0.1, -0.05) is 13.0 Å². The van der Waals surface area contributed by atoms with Gasteiger partial charge in [0.2, 0.25) is 5.91 Å². The summed E-state index contributed by atoms with van der Waals surface area (Å²) in [4.78, 5) is 29.6. The zero-order valence-corrected chi connectivity index (χ0v) is 12.8. The quantitative estimate of drug-likeness (QED) is 0.620. The molecule has 0 radical (unpaired) electrons. The molecule has 0 spiro atoms. The van der Waals surface area contributed by atoms with Crippen molar-refractivity contribution >= 4 is 17.6 Å². The molecule has 21 heavy (non-hydrogen) atoms. The normalized spacial score (nSPS) is 17.8. The van der Waals surface area contributed by atoms with Gasteiger partial charge in [0.1, 0.15) is 11.4 Å². The van der Waals surface area contributed by atoms with E-state index in [4.69, 9.17) is 0 Å². The van der Waals surface area contributed by atoms with Gasteiger partial charge in [-0.05, 0) is 38.4 Å². The zero-order valence-electron chi connectivity index (χ0n) is 12.8. The first-order valence-corrected chi connectivity index (χ1v) is 7.22. The number of aromatic nitrogens is 1. The first kappa shape index (κ1) is 15.4. The number of rotatable bonds is 5. The number of imide groups is 1. The van der Waals surface area contributed by atoms with Crippen LogP contribution >= 0.6 is 0 Å². The predicted molar refractivity (Wildman–Crippen MR) is 80.8 cm³/mol. The summed E-state index contributed by atoms with van der Waals surface area (Å²) in [5.41, 5.74) is 0.292. The molecule has 114 valence electrons. The van der Waals surface area contributed by atoms with Gasteiger partial charge >= 0.3 is 0 Å². The van der Waals surface area contributed by atoms with Crippen LogP contribution in [0.5, 0.6) is 0 Å². The standard InChI is InChI=1S/C15H22N4O2/c1-4-7-16-8-11-5-6-12(17-9-11)19-10-13(20)18-14(21)15(19,2)3/h5-6,9,16H,4,7-8,10H2,1-3H3,(H,18,20,21). The van der Waals surface area contributed by atoms with E-state index in [0.717, 1.165) is 25.1 Å². The maximum atomic E-state index is 11.9. The maximum absolute atomic E-state index is 11.9. The molecule has 1 saturated heterocycles. The van der Waals surface area contributed by atoms with Gasteiger partial charge in [-0.25, -0.2) is 4.98 Å². The minimum Gasteiger partial charge on any atom is -0.333 e. The Labute approximate surface area is 124 Å². The number of hydrogen-bond acceptors (Lipinski definition) is 5. The monoisotopic (exact) mass is 290 g/mol. The molecule has 2 heterocycles. The molecule has 0 bridgehead atoms. The van der Waals surface area contributed by atoms with Crippen molar-refractivity contribution in [3.63, 3.8) is 0 Å². The Hall–Kier alpha value is -1.95. The molecular weight excluding hydrogens is 268 g/mol. The number of pyridine rings is 1. The number of nitrogens with one attached hydrogen (secondary N) is 2. The maximum Gasteiger partial charge on any atom is 0.251 e. The molecule has 2 amide bonds. The Kier molecular flexibility index (Phi) is 4.57. The highest BCUT2D eigenvalue weighted by molar-refractivity contribution is 6.06. The van der Waals surface area contributed by atoms with E-state index in [-0.39, 0.29) is 18.4 Å². The minimum absolute atomic E-state index is 0.138. The van der Waals surface area contributed by atoms with Gasteiger partial charge in [0.05, 0.1) is 6.54 Å². The van der Waals surface area contributed by atoms with Gasteiger partial charge in [0.15, 0.2) is 0 Å². The van der Waals surface area contributed by atoms with Crippen molar-refractivity contribution in [3.8, 4) is 0 Å². The summed E-state index contributed by atoms with van der Waals surface area (Å²) in [5, 5.41) is 5.67. The van der Waals surface area contributed by atoms with Crippen molar-refractivity contribution < 1.29 is 9.59 Å². The van der Waals surface area contributed by atoms with Crippen LogP contribution in [0.3, 0.4) is 0 Å². The number of amides is 2. The van der Waals surface area contributed by atoms with Gasteiger partial charge in [-0.2, -0.15) is 0 Å². The fourth-order valence-electron chi connectivity index (χ4n) is 2.24. The molecule has 1 aliphatic rings. The number of anilines is 1. The summed E-state index contributed by atoms with van der Waals surface area (Å²) in [6.07, 6.45) is 2.87. The van der Waals surface area contributed by atoms with Crippen LogP contribution in [0.15, 0.2) is 18.3 Å². The second kappa shape index (κ2) is 6.22. The molecule has 2 rings (SSSR count). The van der Waals surface area contributed by atoms with Gasteiger partial charge in [0.25, 0.3) is 5.91 Å². The smallest absolute Gasteiger partial charge is 0.251 e. The Morgan fingerprint density at radius 2 is 2.14 bits per heavy atom. The lowest BCUT2D eigenvalue weighted by Crippen LogP contribution is -2.64. The van der Waals surface area contributed by atoms with Crippen molar-refractivity contribution in [1.82, 2.24) is 15.6 Å². The molecule has 1 aromatic heterocycles. The average Bonchev–Trinajstić information content (AvgIpc) is 2.44. The van der Waals surface area contributed by atoms with Crippen molar-refractivity contribution in [3.05, 3.63) is 23.9 Å². The molecule has 6 heteroatoms. The molecule has 1 aromatic rings. The highest BCUT2D eigenvalue weighted by Crippen LogP contribution is 2.24. The van der Waals surface area contributed by atoms with Crippen LogP contribution in [0.25, 0.3) is 0 Å². The largest absolute Gasteiger partial charge is 0.333 e. The van der Waals surface area contributed by atoms with E-state index in [9.17, 15) is 9.59 Å². The number of hydrogen-bond donors (Lipinski definition) is 2. The van der Waals surface area contributed by atoms with E-state index >= 15 is 0 Å². The van der Waals surface area contributed by atoms with E-state index in [1.165, 1.54) is 0 Å². The van der Waals surface area contributed by atoms with E-state index in [1.54, 1.807) is 24.9 Å². The number of carbonyl (C=O) groups excluding carboxylic acids is 2. The molecule has 0 aromatic carbocycles. The molecule has 0 aliphatic carbocycles. The summed E-state index contributed by atoms with van der Waals surface area (Å²) in [5.74, 6) is 0.0477. The molecule has 6 nitrogen and oxygen atoms in total. The number of carbonyl (C=O) groups is 2. The topological polar surface area (TPSA) is 74.3 Å². The third kappa shape index (κ3) is 3.39. The van der Waals surface area contributed by atoms with Crippen LogP contribution in [0.4, 0.5) is 5.82 Å². The van der Waals surface area contributed by atoms with E-state index in [0.29, 0.717) is 5.82 Å². The molecule has 1 aliphatic heterocycles. The van der Waals surface area contributed by atoms with Gasteiger partial charge in [0, 0.05) is 12.7 Å². The summed E-state index contributed by atoms with van der Waals surface area (Å²) >= 11 is 0. The Balaban J connectivity index is 2.13. The van der Waals surface area contributed by atoms with E-state index in [2.05, 4.69) is 22.5 Å². The van der Waals surface area contributed by atoms with Gasteiger partial charge < -0.3 is 10.2 Å².